The number of nitrogens with zero attached hydrogens (tertiary/aromatic N) is 2. The molecule has 7 nitrogen and oxygen atoms in total. The molecule has 6 rings (SSSR count). The molecular formula is C35H30N2O5S. The average molecular weight is 591 g/mol. The van der Waals surface area contributed by atoms with Gasteiger partial charge in [-0.05, 0) is 60.0 Å². The summed E-state index contributed by atoms with van der Waals surface area (Å²) in [4.78, 5) is 32.2. The Balaban J connectivity index is 1.33. The van der Waals surface area contributed by atoms with Crippen LogP contribution in [0, 0.1) is 0 Å². The van der Waals surface area contributed by atoms with Crippen LogP contribution in [0.4, 0.5) is 0 Å². The Morgan fingerprint density at radius 3 is 2.51 bits per heavy atom. The molecule has 0 bridgehead atoms. The fourth-order valence-corrected chi connectivity index (χ4v) is 6.42. The highest BCUT2D eigenvalue weighted by atomic mass is 32.1. The van der Waals surface area contributed by atoms with Gasteiger partial charge in [0, 0.05) is 5.56 Å². The van der Waals surface area contributed by atoms with Gasteiger partial charge in [-0.2, -0.15) is 0 Å². The molecule has 0 N–H and O–H groups in total. The fraction of sp³-hybridized carbons (Fsp3) is 0.171. The third-order valence-electron chi connectivity index (χ3n) is 7.40. The number of aromatic nitrogens is 1. The number of esters is 1. The highest BCUT2D eigenvalue weighted by molar-refractivity contribution is 7.07. The topological polar surface area (TPSA) is 79.1 Å². The quantitative estimate of drug-likeness (QED) is 0.222. The van der Waals surface area contributed by atoms with Crippen LogP contribution in [0.15, 0.2) is 112 Å². The highest BCUT2D eigenvalue weighted by Crippen LogP contribution is 2.35. The summed E-state index contributed by atoms with van der Waals surface area (Å²) in [5.74, 6) is 0.795. The third kappa shape index (κ3) is 5.49. The van der Waals surface area contributed by atoms with E-state index in [9.17, 15) is 9.59 Å². The van der Waals surface area contributed by atoms with E-state index in [1.165, 1.54) is 22.1 Å². The lowest BCUT2D eigenvalue weighted by Crippen LogP contribution is -2.40. The first-order valence-corrected chi connectivity index (χ1v) is 14.8. The molecule has 0 amide bonds. The zero-order chi connectivity index (χ0) is 29.9. The maximum Gasteiger partial charge on any atom is 0.338 e. The number of hydrogen-bond acceptors (Lipinski definition) is 7. The van der Waals surface area contributed by atoms with Gasteiger partial charge in [-0.15, -0.1) is 0 Å². The van der Waals surface area contributed by atoms with Crippen LogP contribution in [-0.4, -0.2) is 24.3 Å². The molecule has 1 atom stereocenters. The Bertz CT molecular complexity index is 2030. The van der Waals surface area contributed by atoms with Crippen molar-refractivity contribution in [1.82, 2.24) is 4.57 Å². The predicted octanol–water partition coefficient (Wildman–Crippen LogP) is 5.54. The van der Waals surface area contributed by atoms with E-state index in [2.05, 4.69) is 29.3 Å². The molecule has 0 aliphatic carbocycles. The fourth-order valence-electron chi connectivity index (χ4n) is 5.37. The minimum absolute atomic E-state index is 0.209. The summed E-state index contributed by atoms with van der Waals surface area (Å²) < 4.78 is 19.2. The molecule has 216 valence electrons. The van der Waals surface area contributed by atoms with Gasteiger partial charge in [-0.25, -0.2) is 9.79 Å². The SMILES string of the molecule is CCOC(=O)C1=C(C)N=c2s/c(=C\c3ccc(OCc4cccc5ccccc45)cc3)c(=O)n2C1c1ccccc1OC. The van der Waals surface area contributed by atoms with Crippen molar-refractivity contribution in [3.63, 3.8) is 0 Å². The third-order valence-corrected chi connectivity index (χ3v) is 8.39. The lowest BCUT2D eigenvalue weighted by molar-refractivity contribution is -0.139. The maximum atomic E-state index is 13.9. The van der Waals surface area contributed by atoms with E-state index in [0.717, 1.165) is 16.9 Å². The molecule has 0 fully saturated rings. The minimum Gasteiger partial charge on any atom is -0.496 e. The van der Waals surface area contributed by atoms with E-state index < -0.39 is 12.0 Å². The van der Waals surface area contributed by atoms with Gasteiger partial charge in [-0.3, -0.25) is 9.36 Å². The Labute approximate surface area is 252 Å². The number of carbonyl (C=O) groups excluding carboxylic acids is 1. The van der Waals surface area contributed by atoms with E-state index in [1.807, 2.05) is 72.8 Å². The summed E-state index contributed by atoms with van der Waals surface area (Å²) >= 11 is 1.28. The molecule has 4 aromatic carbocycles. The van der Waals surface area contributed by atoms with Gasteiger partial charge >= 0.3 is 5.97 Å². The van der Waals surface area contributed by atoms with E-state index in [1.54, 1.807) is 25.5 Å². The number of para-hydroxylation sites is 1. The Morgan fingerprint density at radius 2 is 1.72 bits per heavy atom. The van der Waals surface area contributed by atoms with E-state index in [4.69, 9.17) is 14.2 Å². The molecule has 43 heavy (non-hydrogen) atoms. The van der Waals surface area contributed by atoms with Gasteiger partial charge < -0.3 is 14.2 Å². The molecule has 0 radical (unpaired) electrons. The number of methoxy groups -OCH3 is 1. The van der Waals surface area contributed by atoms with Crippen molar-refractivity contribution in [2.45, 2.75) is 26.5 Å². The van der Waals surface area contributed by atoms with Crippen LogP contribution in [0.25, 0.3) is 16.8 Å². The number of hydrogen-bond donors (Lipinski definition) is 0. The molecule has 8 heteroatoms. The number of carbonyl (C=O) groups is 1. The summed E-state index contributed by atoms with van der Waals surface area (Å²) in [6, 6.07) is 28.7. The Morgan fingerprint density at radius 1 is 0.977 bits per heavy atom. The second-order valence-electron chi connectivity index (χ2n) is 10.0. The number of rotatable bonds is 8. The maximum absolute atomic E-state index is 13.9. The Kier molecular flexibility index (Phi) is 7.94. The van der Waals surface area contributed by atoms with Crippen LogP contribution in [0.2, 0.25) is 0 Å². The molecule has 2 heterocycles. The smallest absolute Gasteiger partial charge is 0.338 e. The molecule has 1 aliphatic heterocycles. The molecule has 1 unspecified atom stereocenters. The van der Waals surface area contributed by atoms with Crippen molar-refractivity contribution in [3.05, 3.63) is 139 Å². The van der Waals surface area contributed by atoms with Crippen molar-refractivity contribution in [2.24, 2.45) is 4.99 Å². The Hall–Kier alpha value is -4.95. The molecular weight excluding hydrogens is 560 g/mol. The van der Waals surface area contributed by atoms with Gasteiger partial charge in [0.1, 0.15) is 24.1 Å². The van der Waals surface area contributed by atoms with Crippen LogP contribution in [0.3, 0.4) is 0 Å². The van der Waals surface area contributed by atoms with Crippen molar-refractivity contribution < 1.29 is 19.0 Å². The lowest BCUT2D eigenvalue weighted by Gasteiger charge is -2.25. The summed E-state index contributed by atoms with van der Waals surface area (Å²) in [5, 5.41) is 2.35. The molecule has 0 saturated carbocycles. The van der Waals surface area contributed by atoms with E-state index >= 15 is 0 Å². The summed E-state index contributed by atoms with van der Waals surface area (Å²) in [5.41, 5.74) is 3.23. The van der Waals surface area contributed by atoms with Crippen LogP contribution in [-0.2, 0) is 16.1 Å². The molecule has 0 saturated heterocycles. The number of thiazole rings is 1. The lowest BCUT2D eigenvalue weighted by atomic mass is 9.95. The zero-order valence-corrected chi connectivity index (χ0v) is 24.9. The first-order valence-electron chi connectivity index (χ1n) is 14.0. The van der Waals surface area contributed by atoms with Gasteiger partial charge in [0.05, 0.1) is 29.5 Å². The number of fused-ring (bicyclic) bond motifs is 2. The number of ether oxygens (including phenoxy) is 3. The molecule has 5 aromatic rings. The van der Waals surface area contributed by atoms with Gasteiger partial charge in [0.25, 0.3) is 5.56 Å². The van der Waals surface area contributed by atoms with Gasteiger partial charge in [0.2, 0.25) is 0 Å². The number of benzene rings is 4. The zero-order valence-electron chi connectivity index (χ0n) is 24.1. The van der Waals surface area contributed by atoms with E-state index in [-0.39, 0.29) is 12.2 Å². The van der Waals surface area contributed by atoms with Crippen LogP contribution in [0.1, 0.15) is 36.6 Å². The summed E-state index contributed by atoms with van der Waals surface area (Å²) in [6.07, 6.45) is 1.83. The van der Waals surface area contributed by atoms with Gasteiger partial charge in [0.15, 0.2) is 4.80 Å². The van der Waals surface area contributed by atoms with Crippen molar-refractivity contribution in [3.8, 4) is 11.5 Å². The van der Waals surface area contributed by atoms with Crippen LogP contribution < -0.4 is 24.4 Å². The first kappa shape index (κ1) is 28.2. The largest absolute Gasteiger partial charge is 0.496 e. The van der Waals surface area contributed by atoms with Crippen LogP contribution >= 0.6 is 11.3 Å². The average Bonchev–Trinajstić information content (AvgIpc) is 3.33. The van der Waals surface area contributed by atoms with Gasteiger partial charge in [-0.1, -0.05) is 84.1 Å². The second-order valence-corrected chi connectivity index (χ2v) is 11.0. The van der Waals surface area contributed by atoms with Crippen molar-refractivity contribution in [1.29, 1.82) is 0 Å². The predicted molar refractivity (Wildman–Crippen MR) is 168 cm³/mol. The first-order chi connectivity index (χ1) is 21.0. The monoisotopic (exact) mass is 590 g/mol. The van der Waals surface area contributed by atoms with Crippen LogP contribution in [0.5, 0.6) is 11.5 Å². The molecule has 1 aromatic heterocycles. The normalized spacial score (nSPS) is 14.8. The minimum atomic E-state index is -0.738. The summed E-state index contributed by atoms with van der Waals surface area (Å²) in [6.45, 7) is 4.18. The number of allylic oxidation sites excluding steroid dienone is 1. The molecule has 0 spiro atoms. The van der Waals surface area contributed by atoms with Crippen molar-refractivity contribution >= 4 is 34.2 Å². The standard InChI is InChI=1S/C35H30N2O5S/c1-4-41-34(39)31-22(2)36-35-37(32(31)28-14-7-8-15-29(28)40-3)33(38)30(43-35)20-23-16-18-26(19-17-23)42-21-25-12-9-11-24-10-5-6-13-27(24)25/h5-20,32H,4,21H2,1-3H3/b30-20-. The summed E-state index contributed by atoms with van der Waals surface area (Å²) in [7, 11) is 1.57. The van der Waals surface area contributed by atoms with Crippen molar-refractivity contribution in [2.75, 3.05) is 13.7 Å². The van der Waals surface area contributed by atoms with E-state index in [0.29, 0.717) is 38.5 Å². The highest BCUT2D eigenvalue weighted by Gasteiger charge is 2.34. The second kappa shape index (κ2) is 12.1. The molecule has 1 aliphatic rings.